The average Bonchev–Trinajstić information content (AvgIpc) is 3.19. The molecule has 3 heterocycles. The molecule has 1 unspecified atom stereocenters. The van der Waals surface area contributed by atoms with E-state index in [1.54, 1.807) is 6.07 Å². The summed E-state index contributed by atoms with van der Waals surface area (Å²) < 4.78 is 52.9. The summed E-state index contributed by atoms with van der Waals surface area (Å²) in [5.74, 6) is 0.386. The van der Waals surface area contributed by atoms with Crippen molar-refractivity contribution in [1.82, 2.24) is 24.5 Å². The fraction of sp³-hybridized carbons (Fsp3) is 0.429. The molecule has 0 radical (unpaired) electrons. The van der Waals surface area contributed by atoms with Gasteiger partial charge in [-0.15, -0.1) is 5.10 Å². The van der Waals surface area contributed by atoms with Gasteiger partial charge in [0.2, 0.25) is 11.0 Å². The maximum atomic E-state index is 13.2. The zero-order valence-electron chi connectivity index (χ0n) is 18.2. The van der Waals surface area contributed by atoms with Gasteiger partial charge in [0.25, 0.3) is 11.7 Å². The largest absolute Gasteiger partial charge is 0.475 e. The van der Waals surface area contributed by atoms with Crippen molar-refractivity contribution in [2.24, 2.45) is 0 Å². The van der Waals surface area contributed by atoms with Gasteiger partial charge in [-0.3, -0.25) is 4.79 Å². The van der Waals surface area contributed by atoms with E-state index >= 15 is 0 Å². The molecular weight excluding hydrogens is 459 g/mol. The smallest absolute Gasteiger partial charge is 0.416 e. The summed E-state index contributed by atoms with van der Waals surface area (Å²) in [6.45, 7) is 3.98. The lowest BCUT2D eigenvalue weighted by atomic mass is 10.0. The number of hydrogen-bond donors (Lipinski definition) is 0. The van der Waals surface area contributed by atoms with Gasteiger partial charge in [0, 0.05) is 23.9 Å². The molecule has 2 aromatic heterocycles. The van der Waals surface area contributed by atoms with Gasteiger partial charge < -0.3 is 14.4 Å². The van der Waals surface area contributed by atoms with Crippen molar-refractivity contribution >= 4 is 23.4 Å². The molecule has 0 bridgehead atoms. The molecule has 1 aliphatic rings. The monoisotopic (exact) mass is 481 g/mol. The number of fused-ring (bicyclic) bond motifs is 1. The normalized spacial score (nSPS) is 16.9. The number of thioether (sulfide) groups is 1. The molecule has 1 saturated heterocycles. The van der Waals surface area contributed by atoms with Crippen molar-refractivity contribution in [1.29, 1.82) is 0 Å². The number of hydrogen-bond acceptors (Lipinski definition) is 7. The molecule has 12 heteroatoms. The summed E-state index contributed by atoms with van der Waals surface area (Å²) in [5, 5.41) is 4.90. The Hall–Kier alpha value is -2.86. The van der Waals surface area contributed by atoms with Gasteiger partial charge in [-0.1, -0.05) is 17.8 Å². The van der Waals surface area contributed by atoms with E-state index in [-0.39, 0.29) is 37.4 Å². The minimum atomic E-state index is -4.52. The van der Waals surface area contributed by atoms with Crippen molar-refractivity contribution in [3.63, 3.8) is 0 Å². The first-order chi connectivity index (χ1) is 15.7. The van der Waals surface area contributed by atoms with Crippen LogP contribution >= 0.6 is 11.8 Å². The topological polar surface area (TPSA) is 81.9 Å². The van der Waals surface area contributed by atoms with Crippen molar-refractivity contribution < 1.29 is 27.4 Å². The first-order valence-corrected chi connectivity index (χ1v) is 11.4. The third-order valence-electron chi connectivity index (χ3n) is 5.28. The lowest BCUT2D eigenvalue weighted by molar-refractivity contribution is -0.138. The van der Waals surface area contributed by atoms with E-state index in [2.05, 4.69) is 15.1 Å². The van der Waals surface area contributed by atoms with Crippen LogP contribution in [0, 0.1) is 13.8 Å². The number of carbonyl (C=O) groups is 1. The molecule has 0 N–H and O–H groups in total. The van der Waals surface area contributed by atoms with Crippen LogP contribution < -0.4 is 4.74 Å². The molecule has 3 aromatic rings. The van der Waals surface area contributed by atoms with Crippen LogP contribution in [0.4, 0.5) is 13.2 Å². The molecule has 1 atom stereocenters. The number of rotatable bonds is 5. The highest BCUT2D eigenvalue weighted by molar-refractivity contribution is 7.98. The molecule has 1 fully saturated rings. The Morgan fingerprint density at radius 3 is 2.82 bits per heavy atom. The second-order valence-corrected chi connectivity index (χ2v) is 8.35. The molecule has 0 spiro atoms. The van der Waals surface area contributed by atoms with E-state index in [0.29, 0.717) is 22.5 Å². The Kier molecular flexibility index (Phi) is 6.48. The highest BCUT2D eigenvalue weighted by Gasteiger charge is 2.35. The van der Waals surface area contributed by atoms with Crippen LogP contribution in [-0.2, 0) is 10.9 Å². The predicted molar refractivity (Wildman–Crippen MR) is 115 cm³/mol. The van der Waals surface area contributed by atoms with Gasteiger partial charge >= 0.3 is 6.18 Å². The van der Waals surface area contributed by atoms with E-state index < -0.39 is 23.8 Å². The lowest BCUT2D eigenvalue weighted by Crippen LogP contribution is -2.47. The van der Waals surface area contributed by atoms with Crippen LogP contribution in [-0.4, -0.2) is 69.1 Å². The van der Waals surface area contributed by atoms with Gasteiger partial charge in [-0.05, 0) is 37.8 Å². The number of amides is 1. The minimum Gasteiger partial charge on any atom is -0.475 e. The van der Waals surface area contributed by atoms with E-state index in [4.69, 9.17) is 9.47 Å². The number of aryl methyl sites for hydroxylation is 1. The Morgan fingerprint density at radius 1 is 1.30 bits per heavy atom. The summed E-state index contributed by atoms with van der Waals surface area (Å²) >= 11 is 1.38. The second-order valence-electron chi connectivity index (χ2n) is 7.58. The van der Waals surface area contributed by atoms with Crippen LogP contribution in [0.3, 0.4) is 0 Å². The number of halogens is 3. The fourth-order valence-corrected chi connectivity index (χ4v) is 3.99. The number of alkyl halides is 3. The zero-order chi connectivity index (χ0) is 23.8. The standard InChI is InChI=1S/C21H22F3N5O3S/c1-12-9-17(29-19(25-12)26-20(27-29)33-3)32-11-14-10-28(7-8-31-14)18(30)15-5-4-6-16(13(15)2)21(22,23)24/h4-6,9,14H,7-8,10-11H2,1-3H3. The van der Waals surface area contributed by atoms with Gasteiger partial charge in [0.15, 0.2) is 0 Å². The van der Waals surface area contributed by atoms with E-state index in [0.717, 1.165) is 6.07 Å². The molecule has 1 aliphatic heterocycles. The van der Waals surface area contributed by atoms with Gasteiger partial charge in [-0.2, -0.15) is 22.7 Å². The number of morpholine rings is 1. The van der Waals surface area contributed by atoms with Gasteiger partial charge in [-0.25, -0.2) is 4.98 Å². The predicted octanol–water partition coefficient (Wildman–Crippen LogP) is 3.40. The highest BCUT2D eigenvalue weighted by Crippen LogP contribution is 2.33. The summed E-state index contributed by atoms with van der Waals surface area (Å²) in [6.07, 6.45) is -3.12. The first-order valence-electron chi connectivity index (χ1n) is 10.2. The number of ether oxygens (including phenoxy) is 2. The minimum absolute atomic E-state index is 0.0325. The molecular formula is C21H22F3N5O3S. The van der Waals surface area contributed by atoms with E-state index in [1.165, 1.54) is 40.2 Å². The van der Waals surface area contributed by atoms with Crippen LogP contribution in [0.25, 0.3) is 5.78 Å². The Morgan fingerprint density at radius 2 is 2.09 bits per heavy atom. The molecule has 1 amide bonds. The number of aromatic nitrogens is 4. The maximum Gasteiger partial charge on any atom is 0.416 e. The molecule has 1 aromatic carbocycles. The summed E-state index contributed by atoms with van der Waals surface area (Å²) in [7, 11) is 0. The number of carbonyl (C=O) groups excluding carboxylic acids is 1. The Labute approximate surface area is 192 Å². The maximum absolute atomic E-state index is 13.2. The third kappa shape index (κ3) is 4.91. The molecule has 4 rings (SSSR count). The van der Waals surface area contributed by atoms with E-state index in [9.17, 15) is 18.0 Å². The highest BCUT2D eigenvalue weighted by atomic mass is 32.2. The van der Waals surface area contributed by atoms with Crippen LogP contribution in [0.5, 0.6) is 5.88 Å². The van der Waals surface area contributed by atoms with Crippen molar-refractivity contribution in [2.45, 2.75) is 31.3 Å². The van der Waals surface area contributed by atoms with Crippen molar-refractivity contribution in [3.8, 4) is 5.88 Å². The Bertz CT molecular complexity index is 1180. The summed E-state index contributed by atoms with van der Waals surface area (Å²) in [4.78, 5) is 23.1. The van der Waals surface area contributed by atoms with Crippen LogP contribution in [0.1, 0.15) is 27.2 Å². The molecule has 8 nitrogen and oxygen atoms in total. The lowest BCUT2D eigenvalue weighted by Gasteiger charge is -2.33. The third-order valence-corrected chi connectivity index (χ3v) is 5.82. The van der Waals surface area contributed by atoms with Crippen LogP contribution in [0.2, 0.25) is 0 Å². The number of nitrogens with zero attached hydrogens (tertiary/aromatic N) is 5. The molecule has 33 heavy (non-hydrogen) atoms. The molecule has 0 saturated carbocycles. The van der Waals surface area contributed by atoms with Crippen LogP contribution in [0.15, 0.2) is 29.4 Å². The van der Waals surface area contributed by atoms with Crippen molar-refractivity contribution in [2.75, 3.05) is 32.6 Å². The Balaban J connectivity index is 1.47. The van der Waals surface area contributed by atoms with Crippen molar-refractivity contribution in [3.05, 3.63) is 46.6 Å². The van der Waals surface area contributed by atoms with Gasteiger partial charge in [0.1, 0.15) is 12.7 Å². The quantitative estimate of drug-likeness (QED) is 0.517. The van der Waals surface area contributed by atoms with E-state index in [1.807, 2.05) is 13.2 Å². The fourth-order valence-electron chi connectivity index (χ4n) is 3.65. The molecule has 0 aliphatic carbocycles. The van der Waals surface area contributed by atoms with Gasteiger partial charge in [0.05, 0.1) is 18.7 Å². The summed E-state index contributed by atoms with van der Waals surface area (Å²) in [5.41, 5.74) is -0.153. The SMILES string of the molecule is CSc1nc2nc(C)cc(OCC3CN(C(=O)c4cccc(C(F)(F)F)c4C)CCO3)n2n1. The first kappa shape index (κ1) is 23.3. The summed E-state index contributed by atoms with van der Waals surface area (Å²) in [6, 6.07) is 5.37. The average molecular weight is 482 g/mol. The molecule has 176 valence electrons. The number of benzene rings is 1. The second kappa shape index (κ2) is 9.18. The zero-order valence-corrected chi connectivity index (χ0v) is 19.0.